The van der Waals surface area contributed by atoms with Crippen LogP contribution < -0.4 is 5.32 Å². The fourth-order valence-electron chi connectivity index (χ4n) is 2.29. The molecule has 0 aliphatic rings. The Morgan fingerprint density at radius 2 is 2.17 bits per heavy atom. The second kappa shape index (κ2) is 7.53. The summed E-state index contributed by atoms with van der Waals surface area (Å²) in [6.07, 6.45) is 5.07. The number of carbonyl (C=O) groups excluding carboxylic acids is 1. The minimum atomic E-state index is -1.01. The molecule has 0 aliphatic heterocycles. The van der Waals surface area contributed by atoms with Gasteiger partial charge in [-0.15, -0.1) is 0 Å². The van der Waals surface area contributed by atoms with Gasteiger partial charge in [0.05, 0.1) is 5.69 Å². The van der Waals surface area contributed by atoms with Gasteiger partial charge in [-0.05, 0) is 37.1 Å². The third-order valence-corrected chi connectivity index (χ3v) is 3.57. The van der Waals surface area contributed by atoms with Crippen LogP contribution in [0.1, 0.15) is 42.1 Å². The van der Waals surface area contributed by atoms with E-state index in [2.05, 4.69) is 15.4 Å². The quantitative estimate of drug-likeness (QED) is 0.813. The average molecular weight is 316 g/mol. The van der Waals surface area contributed by atoms with E-state index in [1.54, 1.807) is 29.2 Å². The van der Waals surface area contributed by atoms with Crippen LogP contribution in [0.2, 0.25) is 0 Å². The second-order valence-electron chi connectivity index (χ2n) is 5.35. The molecule has 0 unspecified atom stereocenters. The molecule has 0 saturated carbocycles. The third-order valence-electron chi connectivity index (χ3n) is 3.57. The first-order chi connectivity index (χ1) is 11.0. The van der Waals surface area contributed by atoms with Crippen molar-refractivity contribution >= 4 is 11.9 Å². The maximum absolute atomic E-state index is 12.3. The van der Waals surface area contributed by atoms with E-state index < -0.39 is 12.0 Å². The molecule has 7 nitrogen and oxygen atoms in total. The third kappa shape index (κ3) is 4.15. The van der Waals surface area contributed by atoms with Crippen LogP contribution in [-0.2, 0) is 4.79 Å². The van der Waals surface area contributed by atoms with E-state index in [1.807, 2.05) is 13.8 Å². The van der Waals surface area contributed by atoms with Crippen LogP contribution in [0.5, 0.6) is 0 Å². The molecule has 0 bridgehead atoms. The van der Waals surface area contributed by atoms with E-state index in [0.29, 0.717) is 12.0 Å². The number of rotatable bonds is 7. The predicted molar refractivity (Wildman–Crippen MR) is 84.5 cm³/mol. The van der Waals surface area contributed by atoms with Crippen molar-refractivity contribution in [2.24, 2.45) is 0 Å². The molecule has 0 saturated heterocycles. The number of hydrogen-bond acceptors (Lipinski definition) is 4. The van der Waals surface area contributed by atoms with Crippen molar-refractivity contribution in [1.29, 1.82) is 0 Å². The molecule has 7 heteroatoms. The van der Waals surface area contributed by atoms with Crippen LogP contribution in [-0.4, -0.2) is 37.8 Å². The Hall–Kier alpha value is -2.70. The maximum Gasteiger partial charge on any atom is 0.326 e. The van der Waals surface area contributed by atoms with Crippen molar-refractivity contribution < 1.29 is 14.7 Å². The van der Waals surface area contributed by atoms with Gasteiger partial charge in [0.25, 0.3) is 5.91 Å². The first-order valence-corrected chi connectivity index (χ1v) is 7.52. The molecule has 0 fully saturated rings. The number of aliphatic carboxylic acids is 1. The Morgan fingerprint density at radius 1 is 1.39 bits per heavy atom. The molecule has 23 heavy (non-hydrogen) atoms. The number of carbonyl (C=O) groups is 2. The Balaban J connectivity index is 2.13. The van der Waals surface area contributed by atoms with Gasteiger partial charge in [0.15, 0.2) is 0 Å². The number of aromatic nitrogens is 3. The van der Waals surface area contributed by atoms with Crippen molar-refractivity contribution in [3.63, 3.8) is 0 Å². The molecule has 1 aromatic carbocycles. The van der Waals surface area contributed by atoms with E-state index in [-0.39, 0.29) is 5.91 Å². The first kappa shape index (κ1) is 16.7. The van der Waals surface area contributed by atoms with Crippen molar-refractivity contribution in [3.8, 4) is 5.69 Å². The van der Waals surface area contributed by atoms with Gasteiger partial charge in [-0.2, -0.15) is 5.10 Å². The standard InChI is InChI=1S/C16H20N4O3/c1-3-4-5-13(16(22)23)19-15(21)12-6-7-14(11(2)8-12)20-10-17-9-18-20/h6-10,13H,3-5H2,1-2H3,(H,19,21)(H,22,23)/t13-/m0/s1. The molecule has 0 spiro atoms. The highest BCUT2D eigenvalue weighted by Crippen LogP contribution is 2.15. The molecule has 122 valence electrons. The van der Waals surface area contributed by atoms with Crippen LogP contribution >= 0.6 is 0 Å². The Kier molecular flexibility index (Phi) is 5.46. The highest BCUT2D eigenvalue weighted by molar-refractivity contribution is 5.97. The molecular weight excluding hydrogens is 296 g/mol. The van der Waals surface area contributed by atoms with Crippen LogP contribution in [0.3, 0.4) is 0 Å². The molecule has 1 aromatic heterocycles. The van der Waals surface area contributed by atoms with Gasteiger partial charge in [0.1, 0.15) is 18.7 Å². The summed E-state index contributed by atoms with van der Waals surface area (Å²) in [5.74, 6) is -1.40. The number of unbranched alkanes of at least 4 members (excludes halogenated alkanes) is 1. The van der Waals surface area contributed by atoms with Crippen LogP contribution in [0, 0.1) is 6.92 Å². The van der Waals surface area contributed by atoms with Gasteiger partial charge in [0.2, 0.25) is 0 Å². The SMILES string of the molecule is CCCC[C@H](NC(=O)c1ccc(-n2cncn2)c(C)c1)C(=O)O. The summed E-state index contributed by atoms with van der Waals surface area (Å²) >= 11 is 0. The molecule has 2 rings (SSSR count). The molecule has 0 aliphatic carbocycles. The number of carboxylic acid groups (broad SMARTS) is 1. The molecule has 2 aromatic rings. The fourth-order valence-corrected chi connectivity index (χ4v) is 2.29. The summed E-state index contributed by atoms with van der Waals surface area (Å²) < 4.78 is 1.61. The molecular formula is C16H20N4O3. The number of aryl methyl sites for hydroxylation is 1. The number of amides is 1. The summed E-state index contributed by atoms with van der Waals surface area (Å²) in [7, 11) is 0. The topological polar surface area (TPSA) is 97.1 Å². The smallest absolute Gasteiger partial charge is 0.326 e. The van der Waals surface area contributed by atoms with E-state index in [1.165, 1.54) is 6.33 Å². The lowest BCUT2D eigenvalue weighted by Crippen LogP contribution is -2.40. The van der Waals surface area contributed by atoms with Gasteiger partial charge in [-0.1, -0.05) is 19.8 Å². The second-order valence-corrected chi connectivity index (χ2v) is 5.35. The van der Waals surface area contributed by atoms with E-state index in [4.69, 9.17) is 0 Å². The van der Waals surface area contributed by atoms with Crippen molar-refractivity contribution in [1.82, 2.24) is 20.1 Å². The zero-order chi connectivity index (χ0) is 16.8. The lowest BCUT2D eigenvalue weighted by Gasteiger charge is -2.15. The summed E-state index contributed by atoms with van der Waals surface area (Å²) in [4.78, 5) is 27.4. The average Bonchev–Trinajstić information content (AvgIpc) is 3.04. The molecule has 1 atom stereocenters. The van der Waals surface area contributed by atoms with Gasteiger partial charge in [-0.3, -0.25) is 4.79 Å². The lowest BCUT2D eigenvalue weighted by atomic mass is 10.1. The van der Waals surface area contributed by atoms with Gasteiger partial charge in [-0.25, -0.2) is 14.5 Å². The zero-order valence-corrected chi connectivity index (χ0v) is 13.2. The van der Waals surface area contributed by atoms with Crippen LogP contribution in [0.4, 0.5) is 0 Å². The predicted octanol–water partition coefficient (Wildman–Crippen LogP) is 1.95. The summed E-state index contributed by atoms with van der Waals surface area (Å²) in [6.45, 7) is 3.84. The number of nitrogens with zero attached hydrogens (tertiary/aromatic N) is 3. The van der Waals surface area contributed by atoms with Gasteiger partial charge < -0.3 is 10.4 Å². The van der Waals surface area contributed by atoms with E-state index in [0.717, 1.165) is 24.1 Å². The van der Waals surface area contributed by atoms with Crippen molar-refractivity contribution in [2.75, 3.05) is 0 Å². The zero-order valence-electron chi connectivity index (χ0n) is 13.2. The number of carboxylic acids is 1. The lowest BCUT2D eigenvalue weighted by molar-refractivity contribution is -0.139. The largest absolute Gasteiger partial charge is 0.480 e. The summed E-state index contributed by atoms with van der Waals surface area (Å²) in [6, 6.07) is 4.27. The number of benzene rings is 1. The Morgan fingerprint density at radius 3 is 2.74 bits per heavy atom. The Labute approximate surface area is 134 Å². The van der Waals surface area contributed by atoms with Crippen molar-refractivity contribution in [3.05, 3.63) is 42.0 Å². The molecule has 1 amide bonds. The van der Waals surface area contributed by atoms with Gasteiger partial charge >= 0.3 is 5.97 Å². The van der Waals surface area contributed by atoms with Gasteiger partial charge in [0, 0.05) is 5.56 Å². The normalized spacial score (nSPS) is 11.9. The minimum Gasteiger partial charge on any atom is -0.480 e. The minimum absolute atomic E-state index is 0.387. The van der Waals surface area contributed by atoms with Crippen molar-refractivity contribution in [2.45, 2.75) is 39.2 Å². The van der Waals surface area contributed by atoms with E-state index >= 15 is 0 Å². The van der Waals surface area contributed by atoms with E-state index in [9.17, 15) is 14.7 Å². The summed E-state index contributed by atoms with van der Waals surface area (Å²) in [5, 5.41) is 15.8. The Bertz CT molecular complexity index is 683. The van der Waals surface area contributed by atoms with Crippen LogP contribution in [0.15, 0.2) is 30.9 Å². The number of hydrogen-bond donors (Lipinski definition) is 2. The monoisotopic (exact) mass is 316 g/mol. The molecule has 0 radical (unpaired) electrons. The highest BCUT2D eigenvalue weighted by Gasteiger charge is 2.20. The maximum atomic E-state index is 12.3. The summed E-state index contributed by atoms with van der Waals surface area (Å²) in [5.41, 5.74) is 2.09. The molecule has 2 N–H and O–H groups in total. The molecule has 1 heterocycles. The highest BCUT2D eigenvalue weighted by atomic mass is 16.4. The first-order valence-electron chi connectivity index (χ1n) is 7.52. The fraction of sp³-hybridized carbons (Fsp3) is 0.375. The number of nitrogens with one attached hydrogen (secondary N) is 1. The van der Waals surface area contributed by atoms with Crippen LogP contribution in [0.25, 0.3) is 5.69 Å².